The second-order valence-electron chi connectivity index (χ2n) is 8.33. The first kappa shape index (κ1) is 18.6. The van der Waals surface area contributed by atoms with Crippen molar-refractivity contribution in [2.45, 2.75) is 60.3 Å². The first-order chi connectivity index (χ1) is 9.32. The Bertz CT molecular complexity index is 509. The van der Waals surface area contributed by atoms with Crippen LogP contribution in [-0.2, 0) is 5.41 Å². The number of rotatable bonds is 3. The largest absolute Gasteiger partial charge is 0.504 e. The van der Waals surface area contributed by atoms with Crippen molar-refractivity contribution in [1.29, 1.82) is 0 Å². The van der Waals surface area contributed by atoms with E-state index >= 15 is 0 Å². The van der Waals surface area contributed by atoms with Gasteiger partial charge in [-0.15, -0.1) is 0 Å². The highest BCUT2D eigenvalue weighted by Crippen LogP contribution is 2.50. The predicted octanol–water partition coefficient (Wildman–Crippen LogP) is 5.75. The molecule has 0 radical (unpaired) electrons. The molecule has 0 aromatic heterocycles. The van der Waals surface area contributed by atoms with Gasteiger partial charge in [-0.3, -0.25) is 0 Å². The molecule has 0 heterocycles. The van der Waals surface area contributed by atoms with Crippen molar-refractivity contribution < 1.29 is 9.84 Å². The highest BCUT2D eigenvalue weighted by molar-refractivity contribution is 14.1. The Morgan fingerprint density at radius 1 is 1.05 bits per heavy atom. The summed E-state index contributed by atoms with van der Waals surface area (Å²) in [5, 5.41) is 10.1. The van der Waals surface area contributed by atoms with Crippen LogP contribution in [0.5, 0.6) is 11.5 Å². The van der Waals surface area contributed by atoms with Gasteiger partial charge in [-0.2, -0.15) is 0 Å². The van der Waals surface area contributed by atoms with Gasteiger partial charge in [0.25, 0.3) is 0 Å². The molecule has 1 aromatic carbocycles. The van der Waals surface area contributed by atoms with E-state index < -0.39 is 0 Å². The minimum absolute atomic E-state index is 0.00779. The number of halogens is 1. The molecule has 1 unspecified atom stereocenters. The Morgan fingerprint density at radius 2 is 1.57 bits per heavy atom. The summed E-state index contributed by atoms with van der Waals surface area (Å²) in [4.78, 5) is 0. The van der Waals surface area contributed by atoms with Gasteiger partial charge in [-0.05, 0) is 63.0 Å². The number of phenols is 1. The Kier molecular flexibility index (Phi) is 5.29. The molecule has 1 aromatic rings. The monoisotopic (exact) mass is 404 g/mol. The number of benzene rings is 1. The van der Waals surface area contributed by atoms with E-state index in [0.717, 1.165) is 9.99 Å². The quantitative estimate of drug-likeness (QED) is 0.651. The van der Waals surface area contributed by atoms with Gasteiger partial charge in [-0.25, -0.2) is 0 Å². The van der Waals surface area contributed by atoms with E-state index in [9.17, 15) is 5.11 Å². The molecule has 1 rings (SSSR count). The molecule has 0 amide bonds. The zero-order valence-corrected chi connectivity index (χ0v) is 16.8. The fraction of sp³-hybridized carbons (Fsp3) is 0.667. The summed E-state index contributed by atoms with van der Waals surface area (Å²) in [6.45, 7) is 16.0. The molecule has 0 spiro atoms. The molecule has 0 fully saturated rings. The van der Waals surface area contributed by atoms with Crippen LogP contribution in [0.4, 0.5) is 0 Å². The highest BCUT2D eigenvalue weighted by Gasteiger charge is 2.42. The molecule has 0 aliphatic rings. The van der Waals surface area contributed by atoms with Gasteiger partial charge in [0.05, 0.1) is 10.7 Å². The third-order valence-electron chi connectivity index (χ3n) is 4.42. The average molecular weight is 404 g/mol. The maximum absolute atomic E-state index is 10.1. The normalized spacial score (nSPS) is 15.7. The number of aromatic hydroxyl groups is 1. The Morgan fingerprint density at radius 3 is 1.95 bits per heavy atom. The van der Waals surface area contributed by atoms with Crippen LogP contribution in [0.15, 0.2) is 12.1 Å². The number of hydrogen-bond acceptors (Lipinski definition) is 2. The van der Waals surface area contributed by atoms with E-state index in [1.54, 1.807) is 7.11 Å². The van der Waals surface area contributed by atoms with Crippen molar-refractivity contribution in [3.05, 3.63) is 21.3 Å². The average Bonchev–Trinajstić information content (AvgIpc) is 2.28. The van der Waals surface area contributed by atoms with Crippen LogP contribution in [0, 0.1) is 14.4 Å². The topological polar surface area (TPSA) is 29.5 Å². The molecule has 0 bridgehead atoms. The minimum atomic E-state index is -0.00779. The van der Waals surface area contributed by atoms with Crippen molar-refractivity contribution in [2.24, 2.45) is 10.8 Å². The van der Waals surface area contributed by atoms with Crippen LogP contribution < -0.4 is 4.74 Å². The van der Waals surface area contributed by atoms with E-state index in [1.165, 1.54) is 5.56 Å². The van der Waals surface area contributed by atoms with E-state index in [0.29, 0.717) is 5.75 Å². The van der Waals surface area contributed by atoms with E-state index in [1.807, 2.05) is 6.07 Å². The lowest BCUT2D eigenvalue weighted by Gasteiger charge is -2.46. The molecule has 0 saturated carbocycles. The lowest BCUT2D eigenvalue weighted by molar-refractivity contribution is 0.134. The highest BCUT2D eigenvalue weighted by atomic mass is 127. The molecular formula is C18H29IO2. The van der Waals surface area contributed by atoms with E-state index in [-0.39, 0.29) is 22.0 Å². The number of hydrogen-bond donors (Lipinski definition) is 1. The smallest absolute Gasteiger partial charge is 0.171 e. The van der Waals surface area contributed by atoms with Crippen molar-refractivity contribution >= 4 is 22.6 Å². The zero-order valence-electron chi connectivity index (χ0n) is 14.6. The summed E-state index contributed by atoms with van der Waals surface area (Å²) in [6.07, 6.45) is 1.06. The van der Waals surface area contributed by atoms with Crippen LogP contribution >= 0.6 is 22.6 Å². The van der Waals surface area contributed by atoms with Crippen molar-refractivity contribution in [1.82, 2.24) is 0 Å². The Labute approximate surface area is 143 Å². The lowest BCUT2D eigenvalue weighted by Crippen LogP contribution is -2.40. The van der Waals surface area contributed by atoms with Crippen LogP contribution in [0.1, 0.15) is 60.5 Å². The molecule has 21 heavy (non-hydrogen) atoms. The number of methoxy groups -OCH3 is 1. The van der Waals surface area contributed by atoms with Gasteiger partial charge < -0.3 is 9.84 Å². The SMILES string of the molecule is COc1cc(C(C)(CC(C)(C)C)C(C)(C)C)cc(I)c1O. The van der Waals surface area contributed by atoms with Gasteiger partial charge in [0.15, 0.2) is 11.5 Å². The summed E-state index contributed by atoms with van der Waals surface area (Å²) in [7, 11) is 1.60. The first-order valence-corrected chi connectivity index (χ1v) is 8.47. The van der Waals surface area contributed by atoms with Gasteiger partial charge >= 0.3 is 0 Å². The summed E-state index contributed by atoms with van der Waals surface area (Å²) >= 11 is 2.17. The van der Waals surface area contributed by atoms with Gasteiger partial charge in [-0.1, -0.05) is 48.5 Å². The minimum Gasteiger partial charge on any atom is -0.504 e. The zero-order chi connectivity index (χ0) is 16.6. The fourth-order valence-electron chi connectivity index (χ4n) is 2.91. The molecule has 1 atom stereocenters. The summed E-state index contributed by atoms with van der Waals surface area (Å²) in [5.41, 5.74) is 1.54. The van der Waals surface area contributed by atoms with Gasteiger partial charge in [0.2, 0.25) is 0 Å². The maximum Gasteiger partial charge on any atom is 0.171 e. The van der Waals surface area contributed by atoms with Crippen molar-refractivity contribution in [2.75, 3.05) is 7.11 Å². The van der Waals surface area contributed by atoms with E-state index in [2.05, 4.69) is 77.1 Å². The third kappa shape index (κ3) is 4.05. The van der Waals surface area contributed by atoms with Gasteiger partial charge in [0, 0.05) is 0 Å². The maximum atomic E-state index is 10.1. The predicted molar refractivity (Wildman–Crippen MR) is 98.3 cm³/mol. The van der Waals surface area contributed by atoms with Crippen LogP contribution in [0.25, 0.3) is 0 Å². The third-order valence-corrected chi connectivity index (χ3v) is 5.25. The second kappa shape index (κ2) is 5.98. The molecule has 1 N–H and O–H groups in total. The number of phenolic OH excluding ortho intramolecular Hbond substituents is 1. The van der Waals surface area contributed by atoms with Crippen LogP contribution in [-0.4, -0.2) is 12.2 Å². The first-order valence-electron chi connectivity index (χ1n) is 7.39. The summed E-state index contributed by atoms with van der Waals surface area (Å²) < 4.78 is 6.19. The standard InChI is InChI=1S/C18H29IO2/c1-16(2,3)11-18(7,17(4,5)6)12-9-13(19)15(20)14(10-12)21-8/h9-10,20H,11H2,1-8H3. The summed E-state index contributed by atoms with van der Waals surface area (Å²) in [6, 6.07) is 4.09. The Balaban J connectivity index is 3.51. The molecule has 0 aliphatic heterocycles. The van der Waals surface area contributed by atoms with Crippen LogP contribution in [0.2, 0.25) is 0 Å². The molecule has 2 nitrogen and oxygen atoms in total. The second-order valence-corrected chi connectivity index (χ2v) is 9.49. The lowest BCUT2D eigenvalue weighted by atomic mass is 9.58. The van der Waals surface area contributed by atoms with E-state index in [4.69, 9.17) is 4.74 Å². The van der Waals surface area contributed by atoms with Crippen LogP contribution in [0.3, 0.4) is 0 Å². The molecule has 0 aliphatic carbocycles. The van der Waals surface area contributed by atoms with Gasteiger partial charge in [0.1, 0.15) is 0 Å². The van der Waals surface area contributed by atoms with Crippen molar-refractivity contribution in [3.8, 4) is 11.5 Å². The fourth-order valence-corrected chi connectivity index (χ4v) is 3.51. The molecule has 0 saturated heterocycles. The Hall–Kier alpha value is -0.450. The molecular weight excluding hydrogens is 375 g/mol. The molecule has 3 heteroatoms. The van der Waals surface area contributed by atoms with Crippen molar-refractivity contribution in [3.63, 3.8) is 0 Å². The molecule has 120 valence electrons. The summed E-state index contributed by atoms with van der Waals surface area (Å²) in [5.74, 6) is 0.787. The number of ether oxygens (including phenoxy) is 1.